The number of hydrogen-bond acceptors (Lipinski definition) is 4. The van der Waals surface area contributed by atoms with Gasteiger partial charge in [0, 0.05) is 13.2 Å². The van der Waals surface area contributed by atoms with Crippen LogP contribution in [0.4, 0.5) is 13.2 Å². The van der Waals surface area contributed by atoms with Gasteiger partial charge in [0.15, 0.2) is 5.65 Å². The maximum absolute atomic E-state index is 13.8. The number of halogens is 3. The molecule has 4 aromatic rings. The highest BCUT2D eigenvalue weighted by atomic mass is 19.4. The second-order valence-corrected chi connectivity index (χ2v) is 6.32. The Balaban J connectivity index is 2.01. The summed E-state index contributed by atoms with van der Waals surface area (Å²) in [5.41, 5.74) is 0.662. The number of ether oxygens (including phenoxy) is 1. The van der Waals surface area contributed by atoms with Gasteiger partial charge in [-0.05, 0) is 43.3 Å². The summed E-state index contributed by atoms with van der Waals surface area (Å²) < 4.78 is 49.5. The number of fused-ring (bicyclic) bond motifs is 1. The molecule has 0 spiro atoms. The zero-order valence-electron chi connectivity index (χ0n) is 15.3. The first-order valence-electron chi connectivity index (χ1n) is 8.40. The molecule has 0 saturated heterocycles. The van der Waals surface area contributed by atoms with Crippen molar-refractivity contribution in [3.8, 4) is 22.8 Å². The van der Waals surface area contributed by atoms with Crippen LogP contribution in [0.3, 0.4) is 0 Å². The van der Waals surface area contributed by atoms with E-state index < -0.39 is 11.7 Å². The van der Waals surface area contributed by atoms with E-state index in [0.29, 0.717) is 17.1 Å². The van der Waals surface area contributed by atoms with Crippen LogP contribution in [0.1, 0.15) is 11.3 Å². The van der Waals surface area contributed by atoms with Gasteiger partial charge >= 0.3 is 6.18 Å². The third-order valence-corrected chi connectivity index (χ3v) is 4.41. The molecule has 0 aliphatic rings. The van der Waals surface area contributed by atoms with Crippen LogP contribution in [0.15, 0.2) is 42.6 Å². The maximum Gasteiger partial charge on any atom is 0.417 e. The van der Waals surface area contributed by atoms with Crippen molar-refractivity contribution in [1.29, 1.82) is 0 Å². The molecule has 4 rings (SSSR count). The molecule has 6 nitrogen and oxygen atoms in total. The quantitative estimate of drug-likeness (QED) is 0.530. The van der Waals surface area contributed by atoms with E-state index in [-0.39, 0.29) is 22.4 Å². The summed E-state index contributed by atoms with van der Waals surface area (Å²) in [6, 6.07) is 9.50. The Labute approximate surface area is 158 Å². The van der Waals surface area contributed by atoms with E-state index >= 15 is 0 Å². The molecule has 0 amide bonds. The summed E-state index contributed by atoms with van der Waals surface area (Å²) in [4.78, 5) is 4.47. The summed E-state index contributed by atoms with van der Waals surface area (Å²) in [5.74, 6) is 0.634. The summed E-state index contributed by atoms with van der Waals surface area (Å²) in [7, 11) is 3.23. The molecule has 3 heterocycles. The van der Waals surface area contributed by atoms with Crippen molar-refractivity contribution in [2.24, 2.45) is 7.05 Å². The average Bonchev–Trinajstić information content (AvgIpc) is 3.24. The Morgan fingerprint density at radius 1 is 1.00 bits per heavy atom. The van der Waals surface area contributed by atoms with Crippen LogP contribution < -0.4 is 4.74 Å². The maximum atomic E-state index is 13.8. The first-order valence-corrected chi connectivity index (χ1v) is 8.40. The molecular weight excluding hydrogens is 371 g/mol. The van der Waals surface area contributed by atoms with E-state index in [1.807, 2.05) is 0 Å². The number of aromatic nitrogens is 5. The molecule has 0 radical (unpaired) electrons. The van der Waals surface area contributed by atoms with Crippen LogP contribution in [0.25, 0.3) is 28.1 Å². The molecule has 9 heteroatoms. The fourth-order valence-corrected chi connectivity index (χ4v) is 3.10. The minimum absolute atomic E-state index is 0.0250. The van der Waals surface area contributed by atoms with Crippen LogP contribution >= 0.6 is 0 Å². The van der Waals surface area contributed by atoms with Gasteiger partial charge in [-0.25, -0.2) is 9.67 Å². The highest BCUT2D eigenvalue weighted by Gasteiger charge is 2.36. The smallest absolute Gasteiger partial charge is 0.417 e. The molecule has 144 valence electrons. The van der Waals surface area contributed by atoms with Crippen molar-refractivity contribution in [2.45, 2.75) is 13.1 Å². The van der Waals surface area contributed by atoms with Gasteiger partial charge in [-0.2, -0.15) is 23.4 Å². The summed E-state index contributed by atoms with van der Waals surface area (Å²) in [6.45, 7) is 1.54. The monoisotopic (exact) mass is 387 g/mol. The standard InChI is InChI=1S/C19H16F3N5O/c1-11-17-14(19(20,21)22)10-16(15-8-9-26(2)25-15)23-18(17)27(24-11)12-4-6-13(28-3)7-5-12/h4-10H,1-3H3. The molecule has 0 N–H and O–H groups in total. The Kier molecular flexibility index (Phi) is 4.10. The SMILES string of the molecule is COc1ccc(-n2nc(C)c3c(C(F)(F)F)cc(-c4ccn(C)n4)nc32)cc1. The molecule has 0 fully saturated rings. The minimum atomic E-state index is -4.55. The lowest BCUT2D eigenvalue weighted by Gasteiger charge is -2.11. The van der Waals surface area contributed by atoms with E-state index in [2.05, 4.69) is 15.2 Å². The number of alkyl halides is 3. The Hall–Kier alpha value is -3.36. The fourth-order valence-electron chi connectivity index (χ4n) is 3.10. The number of aryl methyl sites for hydroxylation is 2. The van der Waals surface area contributed by atoms with Gasteiger partial charge in [0.05, 0.1) is 35.1 Å². The van der Waals surface area contributed by atoms with Gasteiger partial charge in [0.25, 0.3) is 0 Å². The lowest BCUT2D eigenvalue weighted by Crippen LogP contribution is -2.08. The molecule has 0 bridgehead atoms. The molecule has 0 aliphatic heterocycles. The molecular formula is C19H16F3N5O. The number of methoxy groups -OCH3 is 1. The molecule has 0 unspecified atom stereocenters. The predicted molar refractivity (Wildman–Crippen MR) is 97.4 cm³/mol. The van der Waals surface area contributed by atoms with Crippen molar-refractivity contribution < 1.29 is 17.9 Å². The molecule has 0 aliphatic carbocycles. The minimum Gasteiger partial charge on any atom is -0.497 e. The zero-order valence-corrected chi connectivity index (χ0v) is 15.3. The molecule has 3 aromatic heterocycles. The predicted octanol–water partition coefficient (Wildman–Crippen LogP) is 4.16. The third-order valence-electron chi connectivity index (χ3n) is 4.41. The van der Waals surface area contributed by atoms with Crippen molar-refractivity contribution in [1.82, 2.24) is 24.5 Å². The largest absolute Gasteiger partial charge is 0.497 e. The van der Waals surface area contributed by atoms with Crippen LogP contribution in [-0.2, 0) is 13.2 Å². The van der Waals surface area contributed by atoms with Gasteiger partial charge in [0.1, 0.15) is 11.4 Å². The Morgan fingerprint density at radius 3 is 2.29 bits per heavy atom. The van der Waals surface area contributed by atoms with Crippen molar-refractivity contribution in [3.63, 3.8) is 0 Å². The summed E-state index contributed by atoms with van der Waals surface area (Å²) >= 11 is 0. The molecule has 0 saturated carbocycles. The second-order valence-electron chi connectivity index (χ2n) is 6.32. The summed E-state index contributed by atoms with van der Waals surface area (Å²) in [5, 5.41) is 8.48. The van der Waals surface area contributed by atoms with Crippen LogP contribution in [-0.4, -0.2) is 31.7 Å². The topological polar surface area (TPSA) is 57.8 Å². The normalized spacial score (nSPS) is 11.9. The van der Waals surface area contributed by atoms with E-state index in [9.17, 15) is 13.2 Å². The Morgan fingerprint density at radius 2 is 1.71 bits per heavy atom. The van der Waals surface area contributed by atoms with Crippen LogP contribution in [0.5, 0.6) is 5.75 Å². The van der Waals surface area contributed by atoms with Crippen molar-refractivity contribution in [3.05, 3.63) is 53.9 Å². The molecule has 1 aromatic carbocycles. The lowest BCUT2D eigenvalue weighted by molar-refractivity contribution is -0.136. The third kappa shape index (κ3) is 2.98. The van der Waals surface area contributed by atoms with Gasteiger partial charge < -0.3 is 4.74 Å². The lowest BCUT2D eigenvalue weighted by atomic mass is 10.1. The van der Waals surface area contributed by atoms with Gasteiger partial charge in [0.2, 0.25) is 0 Å². The number of nitrogens with zero attached hydrogens (tertiary/aromatic N) is 5. The van der Waals surface area contributed by atoms with Crippen molar-refractivity contribution in [2.75, 3.05) is 7.11 Å². The number of hydrogen-bond donors (Lipinski definition) is 0. The Bertz CT molecular complexity index is 1160. The molecule has 28 heavy (non-hydrogen) atoms. The number of rotatable bonds is 3. The van der Waals surface area contributed by atoms with Gasteiger partial charge in [-0.3, -0.25) is 4.68 Å². The molecule has 0 atom stereocenters. The van der Waals surface area contributed by atoms with Crippen molar-refractivity contribution >= 4 is 11.0 Å². The van der Waals surface area contributed by atoms with Gasteiger partial charge in [-0.15, -0.1) is 0 Å². The zero-order chi connectivity index (χ0) is 20.1. The van der Waals surface area contributed by atoms with E-state index in [4.69, 9.17) is 4.74 Å². The fraction of sp³-hybridized carbons (Fsp3) is 0.211. The highest BCUT2D eigenvalue weighted by molar-refractivity contribution is 5.86. The van der Waals surface area contributed by atoms with Crippen LogP contribution in [0, 0.1) is 6.92 Å². The highest BCUT2D eigenvalue weighted by Crippen LogP contribution is 2.38. The van der Waals surface area contributed by atoms with Gasteiger partial charge in [-0.1, -0.05) is 0 Å². The van der Waals surface area contributed by atoms with E-state index in [1.54, 1.807) is 57.6 Å². The number of pyridine rings is 1. The van der Waals surface area contributed by atoms with E-state index in [1.165, 1.54) is 9.36 Å². The second kappa shape index (κ2) is 6.36. The number of benzene rings is 1. The van der Waals surface area contributed by atoms with E-state index in [0.717, 1.165) is 6.07 Å². The average molecular weight is 387 g/mol. The first-order chi connectivity index (χ1) is 13.3. The first kappa shape index (κ1) is 18.0. The van der Waals surface area contributed by atoms with Crippen LogP contribution in [0.2, 0.25) is 0 Å². The summed E-state index contributed by atoms with van der Waals surface area (Å²) in [6.07, 6.45) is -2.90.